The first-order valence-electron chi connectivity index (χ1n) is 16.5. The van der Waals surface area contributed by atoms with Crippen LogP contribution in [0.3, 0.4) is 0 Å². The van der Waals surface area contributed by atoms with E-state index in [-0.39, 0.29) is 11.9 Å². The zero-order chi connectivity index (χ0) is 34.9. The van der Waals surface area contributed by atoms with Crippen LogP contribution in [0.15, 0.2) is 48.7 Å². The number of fused-ring (bicyclic) bond motifs is 4. The first kappa shape index (κ1) is 32.8. The lowest BCUT2D eigenvalue weighted by atomic mass is 9.98. The van der Waals surface area contributed by atoms with Crippen LogP contribution in [0.4, 0.5) is 5.69 Å². The molecule has 0 saturated heterocycles. The Balaban J connectivity index is 1.38. The van der Waals surface area contributed by atoms with E-state index < -0.39 is 0 Å². The Morgan fingerprint density at radius 2 is 1.73 bits per heavy atom. The number of aromatic nitrogens is 4. The second kappa shape index (κ2) is 12.3. The van der Waals surface area contributed by atoms with Crippen LogP contribution in [0.2, 0.25) is 10.0 Å². The van der Waals surface area contributed by atoms with Gasteiger partial charge < -0.3 is 18.8 Å². The summed E-state index contributed by atoms with van der Waals surface area (Å²) in [6.45, 7) is 11.1. The molecule has 1 aliphatic heterocycles. The molecule has 0 spiro atoms. The molecule has 250 valence electrons. The number of carbonyl (C=O) groups is 1. The summed E-state index contributed by atoms with van der Waals surface area (Å²) in [5.41, 5.74) is 10.6. The Kier molecular flexibility index (Phi) is 8.25. The molecule has 0 aliphatic carbocycles. The van der Waals surface area contributed by atoms with Gasteiger partial charge in [0, 0.05) is 71.0 Å². The second-order valence-electron chi connectivity index (χ2n) is 13.2. The molecule has 49 heavy (non-hydrogen) atoms. The van der Waals surface area contributed by atoms with Gasteiger partial charge in [-0.3, -0.25) is 9.48 Å². The van der Waals surface area contributed by atoms with Gasteiger partial charge in [-0.15, -0.1) is 0 Å². The first-order chi connectivity index (χ1) is 23.4. The first-order valence-corrected chi connectivity index (χ1v) is 17.2. The minimum atomic E-state index is -0.0795. The molecule has 3 aromatic carbocycles. The molecule has 7 rings (SSSR count). The minimum Gasteiger partial charge on any atom is -0.494 e. The van der Waals surface area contributed by atoms with Gasteiger partial charge in [-0.1, -0.05) is 29.3 Å². The minimum absolute atomic E-state index is 0.0780. The van der Waals surface area contributed by atoms with Crippen molar-refractivity contribution in [2.75, 3.05) is 18.1 Å². The Bertz CT molecular complexity index is 2350. The third kappa shape index (κ3) is 5.27. The molecule has 4 heterocycles. The van der Waals surface area contributed by atoms with Crippen LogP contribution in [0.1, 0.15) is 63.5 Å². The number of nitrogens with zero attached hydrogens (tertiary/aromatic N) is 6. The highest BCUT2D eigenvalue weighted by molar-refractivity contribution is 6.35. The number of anilines is 1. The second-order valence-corrected chi connectivity index (χ2v) is 14.0. The van der Waals surface area contributed by atoms with Crippen molar-refractivity contribution in [2.45, 2.75) is 53.5 Å². The quantitative estimate of drug-likeness (QED) is 0.156. The SMILES string of the molecule is Cc1cc(OCCCc2c3n(c4c(-c5c(C)nn(C)c5C)c(Cl)ccc24)C(C)CN(c2cn(C)c4ccc(C#N)cc24)C3=O)cc(C)c1Cl. The molecule has 1 atom stereocenters. The Labute approximate surface area is 296 Å². The normalized spacial score (nSPS) is 14.6. The van der Waals surface area contributed by atoms with E-state index >= 15 is 0 Å². The molecule has 0 radical (unpaired) electrons. The van der Waals surface area contributed by atoms with Gasteiger partial charge in [0.1, 0.15) is 11.4 Å². The number of carbonyl (C=O) groups excluding carboxylic acids is 1. The summed E-state index contributed by atoms with van der Waals surface area (Å²) < 4.78 is 12.3. The van der Waals surface area contributed by atoms with E-state index in [4.69, 9.17) is 33.0 Å². The fourth-order valence-electron chi connectivity index (χ4n) is 7.59. The summed E-state index contributed by atoms with van der Waals surface area (Å²) in [7, 11) is 3.91. The average molecular weight is 694 g/mol. The van der Waals surface area contributed by atoms with E-state index in [0.29, 0.717) is 42.3 Å². The van der Waals surface area contributed by atoms with Crippen LogP contribution in [0, 0.1) is 39.0 Å². The van der Waals surface area contributed by atoms with Gasteiger partial charge in [0.05, 0.1) is 40.2 Å². The molecule has 8 nitrogen and oxygen atoms in total. The summed E-state index contributed by atoms with van der Waals surface area (Å²) in [5.74, 6) is 0.703. The standard InChI is InChI=1S/C39H38Cl2N6O2/c1-21-15-27(16-22(2)36(21)41)49-14-8-9-28-29-11-12-31(40)35(34-24(4)43-45(7)25(34)5)37(29)47-23(3)19-46(39(48)38(28)47)33-20-44(6)32-13-10-26(18-42)17-30(32)33/h10-13,15-17,20,23H,8-9,14,19H2,1-7H3. The van der Waals surface area contributed by atoms with Gasteiger partial charge in [-0.25, -0.2) is 0 Å². The van der Waals surface area contributed by atoms with Crippen molar-refractivity contribution in [3.8, 4) is 22.9 Å². The average Bonchev–Trinajstić information content (AvgIpc) is 3.67. The predicted octanol–water partition coefficient (Wildman–Crippen LogP) is 9.18. The number of hydrogen-bond donors (Lipinski definition) is 0. The molecular formula is C39H38Cl2N6O2. The summed E-state index contributed by atoms with van der Waals surface area (Å²) in [5, 5.41) is 17.6. The molecule has 0 saturated carbocycles. The molecule has 6 aromatic rings. The highest BCUT2D eigenvalue weighted by Gasteiger charge is 2.37. The molecule has 3 aromatic heterocycles. The van der Waals surface area contributed by atoms with Gasteiger partial charge in [0.25, 0.3) is 5.91 Å². The van der Waals surface area contributed by atoms with Crippen LogP contribution in [-0.2, 0) is 20.5 Å². The molecular weight excluding hydrogens is 655 g/mol. The van der Waals surface area contributed by atoms with E-state index in [1.165, 1.54) is 0 Å². The van der Waals surface area contributed by atoms with Crippen molar-refractivity contribution in [1.29, 1.82) is 5.26 Å². The fraction of sp³-hybridized carbons (Fsp3) is 0.308. The topological polar surface area (TPSA) is 81.0 Å². The van der Waals surface area contributed by atoms with Crippen molar-refractivity contribution in [2.24, 2.45) is 14.1 Å². The monoisotopic (exact) mass is 692 g/mol. The maximum atomic E-state index is 14.9. The lowest BCUT2D eigenvalue weighted by Gasteiger charge is -2.34. The molecule has 1 aliphatic rings. The molecule has 10 heteroatoms. The molecule has 1 amide bonds. The van der Waals surface area contributed by atoms with E-state index in [2.05, 4.69) is 30.6 Å². The maximum absolute atomic E-state index is 14.9. The number of amides is 1. The van der Waals surface area contributed by atoms with E-state index in [9.17, 15) is 10.1 Å². The van der Waals surface area contributed by atoms with Gasteiger partial charge >= 0.3 is 0 Å². The zero-order valence-electron chi connectivity index (χ0n) is 28.8. The van der Waals surface area contributed by atoms with Crippen molar-refractivity contribution < 1.29 is 9.53 Å². The highest BCUT2D eigenvalue weighted by atomic mass is 35.5. The van der Waals surface area contributed by atoms with E-state index in [0.717, 1.165) is 77.5 Å². The number of ether oxygens (including phenoxy) is 1. The van der Waals surface area contributed by atoms with Gasteiger partial charge in [0.15, 0.2) is 0 Å². The summed E-state index contributed by atoms with van der Waals surface area (Å²) in [6, 6.07) is 15.7. The Hall–Kier alpha value is -4.71. The van der Waals surface area contributed by atoms with Crippen LogP contribution < -0.4 is 9.64 Å². The number of benzene rings is 3. The van der Waals surface area contributed by atoms with Crippen LogP contribution >= 0.6 is 23.2 Å². The maximum Gasteiger partial charge on any atom is 0.275 e. The van der Waals surface area contributed by atoms with Gasteiger partial charge in [-0.05, 0) is 101 Å². The molecule has 0 N–H and O–H groups in total. The van der Waals surface area contributed by atoms with Crippen molar-refractivity contribution in [3.63, 3.8) is 0 Å². The van der Waals surface area contributed by atoms with Crippen LogP contribution in [0.25, 0.3) is 32.9 Å². The number of rotatable bonds is 7. The predicted molar refractivity (Wildman–Crippen MR) is 197 cm³/mol. The van der Waals surface area contributed by atoms with Gasteiger partial charge in [0.2, 0.25) is 0 Å². The smallest absolute Gasteiger partial charge is 0.275 e. The van der Waals surface area contributed by atoms with Crippen molar-refractivity contribution in [1.82, 2.24) is 18.9 Å². The van der Waals surface area contributed by atoms with Crippen molar-refractivity contribution in [3.05, 3.63) is 98.0 Å². The molecule has 1 unspecified atom stereocenters. The van der Waals surface area contributed by atoms with Crippen molar-refractivity contribution >= 4 is 56.6 Å². The number of aryl methyl sites for hydroxylation is 6. The Morgan fingerprint density at radius 1 is 1.00 bits per heavy atom. The number of nitriles is 1. The lowest BCUT2D eigenvalue weighted by Crippen LogP contribution is -2.42. The molecule has 0 bridgehead atoms. The number of hydrogen-bond acceptors (Lipinski definition) is 4. The zero-order valence-corrected chi connectivity index (χ0v) is 30.3. The Morgan fingerprint density at radius 3 is 2.41 bits per heavy atom. The van der Waals surface area contributed by atoms with Crippen LogP contribution in [0.5, 0.6) is 5.75 Å². The lowest BCUT2D eigenvalue weighted by molar-refractivity contribution is 0.0957. The molecule has 0 fully saturated rings. The third-order valence-corrected chi connectivity index (χ3v) is 10.9. The van der Waals surface area contributed by atoms with E-state index in [1.807, 2.05) is 91.6 Å². The highest BCUT2D eigenvalue weighted by Crippen LogP contribution is 2.45. The third-order valence-electron chi connectivity index (χ3n) is 9.95. The van der Waals surface area contributed by atoms with Crippen LogP contribution in [-0.4, -0.2) is 38.0 Å². The number of halogens is 2. The van der Waals surface area contributed by atoms with E-state index in [1.54, 1.807) is 0 Å². The fourth-order valence-corrected chi connectivity index (χ4v) is 7.95. The summed E-state index contributed by atoms with van der Waals surface area (Å²) in [4.78, 5) is 16.8. The summed E-state index contributed by atoms with van der Waals surface area (Å²) >= 11 is 13.5. The summed E-state index contributed by atoms with van der Waals surface area (Å²) in [6.07, 6.45) is 3.30. The largest absolute Gasteiger partial charge is 0.494 e. The van der Waals surface area contributed by atoms with Gasteiger partial charge in [-0.2, -0.15) is 10.4 Å².